The first-order valence-corrected chi connectivity index (χ1v) is 31.6. The lowest BCUT2D eigenvalue weighted by Gasteiger charge is -2.45. The van der Waals surface area contributed by atoms with Crippen LogP contribution in [0.4, 0.5) is 34.1 Å². The van der Waals surface area contributed by atoms with Gasteiger partial charge in [-0.2, -0.15) is 0 Å². The molecule has 0 aromatic heterocycles. The molecule has 427 valence electrons. The second-order valence-corrected chi connectivity index (χ2v) is 24.6. The van der Waals surface area contributed by atoms with Gasteiger partial charge >= 0.3 is 7.69 Å². The van der Waals surface area contributed by atoms with E-state index in [1.165, 1.54) is 112 Å². The van der Waals surface area contributed by atoms with E-state index in [2.05, 4.69) is 299 Å². The van der Waals surface area contributed by atoms with Crippen LogP contribution in [0.25, 0.3) is 54.9 Å². The maximum Gasteiger partial charge on any atom is 0.569 e. The van der Waals surface area contributed by atoms with Crippen molar-refractivity contribution in [3.05, 3.63) is 374 Å². The molecule has 8 heteroatoms. The highest BCUT2D eigenvalue weighted by Gasteiger charge is 2.53. The van der Waals surface area contributed by atoms with Crippen molar-refractivity contribution >= 4 is 102 Å². The fourth-order valence-electron chi connectivity index (χ4n) is 15.0. The summed E-state index contributed by atoms with van der Waals surface area (Å²) in [5, 5.41) is 14.1. The maximum atomic E-state index is 8.57. The predicted octanol–water partition coefficient (Wildman–Crippen LogP) is 22.3. The van der Waals surface area contributed by atoms with Gasteiger partial charge in [-0.3, -0.25) is 0 Å². The molecule has 0 bridgehead atoms. The number of fused-ring (bicyclic) bond motifs is 20. The first kappa shape index (κ1) is 55.4. The lowest BCUT2D eigenvalue weighted by Crippen LogP contribution is -2.36. The smallest absolute Gasteiger partial charge is 0.537 e. The van der Waals surface area contributed by atoms with E-state index >= 15 is 0 Å². The van der Waals surface area contributed by atoms with Crippen molar-refractivity contribution in [1.29, 1.82) is 0 Å². The highest BCUT2D eigenvalue weighted by Crippen LogP contribution is 2.66. The Hall–Kier alpha value is -9.92. The highest BCUT2D eigenvalue weighted by molar-refractivity contribution is 9.10. The number of benzene rings is 14. The Morgan fingerprint density at radius 2 is 0.667 bits per heavy atom. The lowest BCUT2D eigenvalue weighted by atomic mass is 9.64. The molecule has 4 aliphatic rings. The minimum atomic E-state index is -0.470. The van der Waals surface area contributed by atoms with Crippen molar-refractivity contribution < 1.29 is 9.68 Å². The summed E-state index contributed by atoms with van der Waals surface area (Å²) in [5.41, 5.74) is 24.5. The molecule has 2 heterocycles. The van der Waals surface area contributed by atoms with E-state index in [0.29, 0.717) is 18.5 Å². The number of nitrogens with zero attached hydrogens (tertiary/aromatic N) is 2. The zero-order valence-electron chi connectivity index (χ0n) is 48.5. The maximum absolute atomic E-state index is 8.57. The zero-order valence-corrected chi connectivity index (χ0v) is 51.6. The summed E-state index contributed by atoms with van der Waals surface area (Å²) in [7, 11) is 0.662. The van der Waals surface area contributed by atoms with Gasteiger partial charge in [0.2, 0.25) is 0 Å². The third kappa shape index (κ3) is 8.54. The number of para-hydroxylation sites is 6. The molecular weight excluding hydrogens is 1210 g/mol. The molecule has 90 heavy (non-hydrogen) atoms. The van der Waals surface area contributed by atoms with Crippen LogP contribution >= 0.6 is 39.1 Å². The summed E-state index contributed by atoms with van der Waals surface area (Å²) in [6.45, 7) is 0. The molecule has 2 aliphatic carbocycles. The second kappa shape index (κ2) is 22.6. The third-order valence-electron chi connectivity index (χ3n) is 18.5. The molecule has 0 fully saturated rings. The van der Waals surface area contributed by atoms with E-state index in [-0.39, 0.29) is 5.41 Å². The molecular formula is C82H53BBrCl2N2O2. The van der Waals surface area contributed by atoms with Crippen molar-refractivity contribution in [1.82, 2.24) is 0 Å². The van der Waals surface area contributed by atoms with E-state index in [4.69, 9.17) is 32.9 Å². The Kier molecular flexibility index (Phi) is 13.9. The summed E-state index contributed by atoms with van der Waals surface area (Å²) in [4.78, 5) is 4.83. The summed E-state index contributed by atoms with van der Waals surface area (Å²) < 4.78 is 6.05. The van der Waals surface area contributed by atoms with E-state index < -0.39 is 5.41 Å². The lowest BCUT2D eigenvalue weighted by molar-refractivity contribution is 0.456. The fourth-order valence-corrected chi connectivity index (χ4v) is 15.8. The summed E-state index contributed by atoms with van der Waals surface area (Å²) in [5.74, 6) is 0.590. The van der Waals surface area contributed by atoms with Gasteiger partial charge in [0.15, 0.2) is 0 Å². The molecule has 2 aliphatic heterocycles. The van der Waals surface area contributed by atoms with E-state index in [0.717, 1.165) is 31.3 Å². The third-order valence-corrected chi connectivity index (χ3v) is 19.6. The van der Waals surface area contributed by atoms with Crippen molar-refractivity contribution in [2.45, 2.75) is 10.8 Å². The van der Waals surface area contributed by atoms with Gasteiger partial charge in [-0.05, 0) is 168 Å². The standard InChI is InChI=1S/C41H26ClN.C31H20BrN.C10H7BClO2/c42-38-25-24-29(30-14-4-5-16-33(30)38)27-22-23-32-31-15-6-7-17-34(31)41(37(32)26-27)35-18-8-10-20-39(35)43(28-12-2-1-3-13-28)40-21-11-9-19-36(40)41;32-21-18-19-24-23-12-4-5-13-25(23)31(28(24)20-21)26-14-6-8-16-29(26)33(22-10-2-1-3-11-22)30-17-9-7-15-27(30)31;12-9-5-6-10(14-11-13)8-4-2-1-3-7(8)9/h1-26H;1-20H;1-6,13H. The Balaban J connectivity index is 0.000000121. The van der Waals surface area contributed by atoms with Gasteiger partial charge in [0.05, 0.1) is 33.6 Å². The number of anilines is 6. The Morgan fingerprint density at radius 3 is 1.16 bits per heavy atom. The monoisotopic (exact) mass is 1260 g/mol. The molecule has 18 rings (SSSR count). The van der Waals surface area contributed by atoms with Crippen molar-refractivity contribution in [3.8, 4) is 39.1 Å². The Morgan fingerprint density at radius 1 is 0.311 bits per heavy atom. The average molecular weight is 1260 g/mol. The van der Waals surface area contributed by atoms with E-state index in [1.54, 1.807) is 12.1 Å². The number of hydrogen-bond donors (Lipinski definition) is 1. The largest absolute Gasteiger partial charge is 0.569 e. The molecule has 4 nitrogen and oxygen atoms in total. The molecule has 1 N–H and O–H groups in total. The SMILES string of the molecule is Brc1ccc2c(c1)C1(c3ccccc3-2)c2ccccc2N(c2ccccc2)c2ccccc21.Clc1ccc(-c2ccc3c(c2)C2(c4ccccc4-3)c3ccccc3N(c3ccccc3)c3ccccc32)c2ccccc12.O[B]Oc1ccc(Cl)c2ccccc12. The second-order valence-electron chi connectivity index (χ2n) is 22.9. The fraction of sp³-hybridized carbons (Fsp3) is 0.0244. The molecule has 0 saturated heterocycles. The van der Waals surface area contributed by atoms with Gasteiger partial charge in [0.1, 0.15) is 5.75 Å². The van der Waals surface area contributed by atoms with Crippen molar-refractivity contribution in [2.24, 2.45) is 0 Å². The summed E-state index contributed by atoms with van der Waals surface area (Å²) in [6.07, 6.45) is 0. The molecule has 0 saturated carbocycles. The van der Waals surface area contributed by atoms with Gasteiger partial charge in [-0.1, -0.05) is 270 Å². The highest BCUT2D eigenvalue weighted by atomic mass is 79.9. The van der Waals surface area contributed by atoms with Crippen LogP contribution in [-0.2, 0) is 10.8 Å². The Bertz CT molecular complexity index is 5040. The van der Waals surface area contributed by atoms with Crippen molar-refractivity contribution in [3.63, 3.8) is 0 Å². The van der Waals surface area contributed by atoms with E-state index in [9.17, 15) is 0 Å². The van der Waals surface area contributed by atoms with Crippen LogP contribution in [0.5, 0.6) is 5.75 Å². The van der Waals surface area contributed by atoms with Crippen molar-refractivity contribution in [2.75, 3.05) is 9.80 Å². The quantitative estimate of drug-likeness (QED) is 0.174. The van der Waals surface area contributed by atoms with Gasteiger partial charge in [0, 0.05) is 42.1 Å². The van der Waals surface area contributed by atoms with Crippen LogP contribution in [0.3, 0.4) is 0 Å². The van der Waals surface area contributed by atoms with Gasteiger partial charge in [0.25, 0.3) is 0 Å². The van der Waals surface area contributed by atoms with Crippen LogP contribution in [0, 0.1) is 0 Å². The molecule has 14 aromatic rings. The minimum absolute atomic E-state index is 0.367. The topological polar surface area (TPSA) is 35.9 Å². The zero-order chi connectivity index (χ0) is 60.5. The van der Waals surface area contributed by atoms with Crippen LogP contribution in [0.15, 0.2) is 320 Å². The normalized spacial score (nSPS) is 13.5. The molecule has 2 spiro atoms. The first-order valence-electron chi connectivity index (χ1n) is 30.1. The number of rotatable bonds is 5. The molecule has 0 unspecified atom stereocenters. The van der Waals surface area contributed by atoms with Crippen LogP contribution < -0.4 is 14.5 Å². The van der Waals surface area contributed by atoms with Crippen LogP contribution in [0.2, 0.25) is 10.0 Å². The summed E-state index contributed by atoms with van der Waals surface area (Å²) in [6, 6.07) is 112. The predicted molar refractivity (Wildman–Crippen MR) is 377 cm³/mol. The van der Waals surface area contributed by atoms with E-state index in [1.807, 2.05) is 30.3 Å². The van der Waals surface area contributed by atoms with Gasteiger partial charge < -0.3 is 19.5 Å². The van der Waals surface area contributed by atoms with Gasteiger partial charge in [-0.15, -0.1) is 0 Å². The average Bonchev–Trinajstić information content (AvgIpc) is 1.46. The minimum Gasteiger partial charge on any atom is -0.537 e. The molecule has 14 aromatic carbocycles. The number of hydrogen-bond acceptors (Lipinski definition) is 4. The molecule has 1 radical (unpaired) electrons. The van der Waals surface area contributed by atoms with Gasteiger partial charge in [-0.25, -0.2) is 0 Å². The van der Waals surface area contributed by atoms with Crippen LogP contribution in [0.1, 0.15) is 44.5 Å². The number of halogens is 3. The van der Waals surface area contributed by atoms with Crippen LogP contribution in [-0.4, -0.2) is 12.7 Å². The molecule has 0 atom stereocenters. The first-order chi connectivity index (χ1) is 44.4. The summed E-state index contributed by atoms with van der Waals surface area (Å²) >= 11 is 16.4. The Labute approximate surface area is 542 Å². The molecule has 0 amide bonds.